The van der Waals surface area contributed by atoms with Crippen molar-refractivity contribution in [1.29, 1.82) is 5.26 Å². The van der Waals surface area contributed by atoms with Crippen LogP contribution in [0, 0.1) is 11.3 Å². The summed E-state index contributed by atoms with van der Waals surface area (Å²) in [6.07, 6.45) is 8.36. The summed E-state index contributed by atoms with van der Waals surface area (Å²) in [6, 6.07) is 9.59. The minimum Gasteiger partial charge on any atom is -0.389 e. The molecule has 4 heteroatoms. The lowest BCUT2D eigenvalue weighted by molar-refractivity contribution is -0.0129. The van der Waals surface area contributed by atoms with Crippen molar-refractivity contribution in [3.63, 3.8) is 0 Å². The zero-order valence-electron chi connectivity index (χ0n) is 11.9. The number of hydrogen-bond donors (Lipinski definition) is 2. The van der Waals surface area contributed by atoms with E-state index in [2.05, 4.69) is 16.0 Å². The second-order valence-corrected chi connectivity index (χ2v) is 5.81. The summed E-state index contributed by atoms with van der Waals surface area (Å²) in [5, 5.41) is 20.1. The van der Waals surface area contributed by atoms with Crippen LogP contribution in [0.2, 0.25) is 0 Å². The molecule has 0 radical (unpaired) electrons. The van der Waals surface area contributed by atoms with E-state index in [1.54, 1.807) is 24.5 Å². The van der Waals surface area contributed by atoms with E-state index in [4.69, 9.17) is 5.26 Å². The van der Waals surface area contributed by atoms with Gasteiger partial charge in [0.25, 0.3) is 0 Å². The topological polar surface area (TPSA) is 72.7 Å². The minimum absolute atomic E-state index is 0.166. The summed E-state index contributed by atoms with van der Waals surface area (Å²) < 4.78 is 0. The lowest BCUT2D eigenvalue weighted by Gasteiger charge is -2.38. The molecule has 1 saturated carbocycles. The molecule has 1 aromatic heterocycles. The van der Waals surface area contributed by atoms with Crippen LogP contribution in [0.4, 0.5) is 0 Å². The second-order valence-electron chi connectivity index (χ2n) is 5.81. The minimum atomic E-state index is -0.760. The average molecular weight is 281 g/mol. The lowest BCUT2D eigenvalue weighted by atomic mass is 9.72. The Hall–Kier alpha value is -2.12. The van der Waals surface area contributed by atoms with Gasteiger partial charge in [-0.2, -0.15) is 5.26 Å². The molecular formula is C17H19N3O. The molecule has 1 heterocycles. The van der Waals surface area contributed by atoms with E-state index in [0.29, 0.717) is 5.56 Å². The first kappa shape index (κ1) is 13.8. The van der Waals surface area contributed by atoms with Gasteiger partial charge in [-0.05, 0) is 30.5 Å². The van der Waals surface area contributed by atoms with Gasteiger partial charge in [0, 0.05) is 12.4 Å². The first-order valence-corrected chi connectivity index (χ1v) is 7.45. The molecule has 1 unspecified atom stereocenters. The van der Waals surface area contributed by atoms with E-state index >= 15 is 0 Å². The van der Waals surface area contributed by atoms with Crippen LogP contribution < -0.4 is 0 Å². The van der Waals surface area contributed by atoms with Crippen LogP contribution in [-0.4, -0.2) is 20.7 Å². The Morgan fingerprint density at radius 2 is 1.90 bits per heavy atom. The fourth-order valence-electron chi connectivity index (χ4n) is 3.36. The molecule has 1 aliphatic rings. The molecule has 21 heavy (non-hydrogen) atoms. The highest BCUT2D eigenvalue weighted by molar-refractivity contribution is 5.37. The molecule has 1 atom stereocenters. The summed E-state index contributed by atoms with van der Waals surface area (Å²) in [4.78, 5) is 7.53. The van der Waals surface area contributed by atoms with Crippen molar-refractivity contribution in [2.75, 3.05) is 0 Å². The number of aromatic amines is 1. The number of H-pyrrole nitrogens is 1. The van der Waals surface area contributed by atoms with Crippen LogP contribution in [0.1, 0.15) is 55.0 Å². The first-order valence-electron chi connectivity index (χ1n) is 7.45. The zero-order valence-corrected chi connectivity index (χ0v) is 11.9. The van der Waals surface area contributed by atoms with Gasteiger partial charge >= 0.3 is 0 Å². The highest BCUT2D eigenvalue weighted by atomic mass is 16.3. The predicted molar refractivity (Wildman–Crippen MR) is 79.6 cm³/mol. The van der Waals surface area contributed by atoms with Crippen molar-refractivity contribution in [2.45, 2.75) is 43.6 Å². The largest absolute Gasteiger partial charge is 0.389 e. The van der Waals surface area contributed by atoms with Gasteiger partial charge in [-0.1, -0.05) is 31.4 Å². The Kier molecular flexibility index (Phi) is 3.76. The number of imidazole rings is 1. The third-order valence-electron chi connectivity index (χ3n) is 4.42. The maximum Gasteiger partial charge on any atom is 0.116 e. The summed E-state index contributed by atoms with van der Waals surface area (Å²) in [6.45, 7) is 0. The summed E-state index contributed by atoms with van der Waals surface area (Å²) >= 11 is 0. The van der Waals surface area contributed by atoms with Gasteiger partial charge in [0.2, 0.25) is 0 Å². The predicted octanol–water partition coefficient (Wildman–Crippen LogP) is 3.11. The lowest BCUT2D eigenvalue weighted by Crippen LogP contribution is -2.39. The molecule has 4 nitrogen and oxygen atoms in total. The molecule has 0 aliphatic heterocycles. The van der Waals surface area contributed by atoms with Crippen molar-refractivity contribution in [1.82, 2.24) is 9.97 Å². The van der Waals surface area contributed by atoms with Crippen molar-refractivity contribution < 1.29 is 5.11 Å². The third kappa shape index (κ3) is 2.70. The average Bonchev–Trinajstić information content (AvgIpc) is 3.02. The van der Waals surface area contributed by atoms with Crippen LogP contribution in [0.15, 0.2) is 36.7 Å². The van der Waals surface area contributed by atoms with E-state index in [0.717, 1.165) is 37.1 Å². The number of nitrogens with one attached hydrogen (secondary N) is 1. The van der Waals surface area contributed by atoms with Crippen LogP contribution >= 0.6 is 0 Å². The van der Waals surface area contributed by atoms with Crippen molar-refractivity contribution >= 4 is 0 Å². The molecular weight excluding hydrogens is 262 g/mol. The summed E-state index contributed by atoms with van der Waals surface area (Å²) in [5.41, 5.74) is 0.880. The van der Waals surface area contributed by atoms with Crippen molar-refractivity contribution in [2.24, 2.45) is 0 Å². The second kappa shape index (κ2) is 5.71. The van der Waals surface area contributed by atoms with Gasteiger partial charge in [-0.25, -0.2) is 4.98 Å². The quantitative estimate of drug-likeness (QED) is 0.908. The highest BCUT2D eigenvalue weighted by Crippen LogP contribution is 2.42. The summed E-state index contributed by atoms with van der Waals surface area (Å²) in [7, 11) is 0. The van der Waals surface area contributed by atoms with Crippen LogP contribution in [0.5, 0.6) is 0 Å². The number of hydrogen-bond acceptors (Lipinski definition) is 3. The Balaban J connectivity index is 2.01. The van der Waals surface area contributed by atoms with Crippen LogP contribution in [0.25, 0.3) is 0 Å². The molecule has 0 bridgehead atoms. The van der Waals surface area contributed by atoms with Gasteiger partial charge in [-0.3, -0.25) is 0 Å². The monoisotopic (exact) mass is 281 g/mol. The highest BCUT2D eigenvalue weighted by Gasteiger charge is 2.41. The first-order chi connectivity index (χ1) is 10.2. The van der Waals surface area contributed by atoms with Gasteiger partial charge in [0.15, 0.2) is 0 Å². The molecule has 0 saturated heterocycles. The number of aliphatic hydroxyl groups is 1. The van der Waals surface area contributed by atoms with Crippen molar-refractivity contribution in [3.05, 3.63) is 53.6 Å². The summed E-state index contributed by atoms with van der Waals surface area (Å²) in [5.74, 6) is 0.629. The van der Waals surface area contributed by atoms with Crippen LogP contribution in [-0.2, 0) is 0 Å². The molecule has 3 rings (SSSR count). The number of rotatable bonds is 3. The molecule has 1 aliphatic carbocycles. The normalized spacial score (nSPS) is 18.9. The van der Waals surface area contributed by atoms with E-state index in [1.807, 2.05) is 12.1 Å². The van der Waals surface area contributed by atoms with Gasteiger partial charge in [0.1, 0.15) is 5.82 Å². The Bertz CT molecular complexity index is 619. The maximum absolute atomic E-state index is 11.2. The molecule has 2 aromatic rings. The maximum atomic E-state index is 11.2. The number of nitrogens with zero attached hydrogens (tertiary/aromatic N) is 2. The molecule has 2 N–H and O–H groups in total. The molecule has 108 valence electrons. The zero-order chi connectivity index (χ0) is 14.7. The number of aromatic nitrogens is 2. The fraction of sp³-hybridized carbons (Fsp3) is 0.412. The molecule has 0 amide bonds. The molecule has 0 spiro atoms. The third-order valence-corrected chi connectivity index (χ3v) is 4.42. The Morgan fingerprint density at radius 1 is 1.19 bits per heavy atom. The van der Waals surface area contributed by atoms with Gasteiger partial charge in [-0.15, -0.1) is 0 Å². The number of benzene rings is 1. The number of nitriles is 1. The van der Waals surface area contributed by atoms with E-state index in [1.165, 1.54) is 6.42 Å². The van der Waals surface area contributed by atoms with Crippen LogP contribution in [0.3, 0.4) is 0 Å². The van der Waals surface area contributed by atoms with E-state index in [-0.39, 0.29) is 5.92 Å². The Labute approximate surface area is 124 Å². The smallest absolute Gasteiger partial charge is 0.116 e. The molecule has 1 aromatic carbocycles. The van der Waals surface area contributed by atoms with E-state index in [9.17, 15) is 5.11 Å². The SMILES string of the molecule is N#Cc1ccc(C(c2ncc[nH]2)C2(O)CCCCC2)cc1. The van der Waals surface area contributed by atoms with E-state index < -0.39 is 5.60 Å². The standard InChI is InChI=1S/C17H19N3O/c18-12-13-4-6-14(7-5-13)15(16-19-10-11-20-16)17(21)8-2-1-3-9-17/h4-7,10-11,15,21H,1-3,8-9H2,(H,19,20). The molecule has 1 fully saturated rings. The Morgan fingerprint density at radius 3 is 2.48 bits per heavy atom. The van der Waals surface area contributed by atoms with Gasteiger partial charge in [0.05, 0.1) is 23.2 Å². The van der Waals surface area contributed by atoms with Crippen molar-refractivity contribution in [3.8, 4) is 6.07 Å². The van der Waals surface area contributed by atoms with Gasteiger partial charge < -0.3 is 10.1 Å². The fourth-order valence-corrected chi connectivity index (χ4v) is 3.36.